The second-order valence-corrected chi connectivity index (χ2v) is 7.48. The highest BCUT2D eigenvalue weighted by molar-refractivity contribution is 5.69. The van der Waals surface area contributed by atoms with E-state index in [2.05, 4.69) is 27.7 Å². The summed E-state index contributed by atoms with van der Waals surface area (Å²) in [5, 5.41) is 0. The molecule has 0 fully saturated rings. The first-order valence-corrected chi connectivity index (χ1v) is 10.3. The van der Waals surface area contributed by atoms with Crippen LogP contribution in [0.5, 0.6) is 0 Å². The van der Waals surface area contributed by atoms with E-state index < -0.39 is 0 Å². The second-order valence-electron chi connectivity index (χ2n) is 7.48. The van der Waals surface area contributed by atoms with Gasteiger partial charge in [-0.25, -0.2) is 0 Å². The summed E-state index contributed by atoms with van der Waals surface area (Å²) in [5.41, 5.74) is 0. The molecule has 2 nitrogen and oxygen atoms in total. The maximum absolute atomic E-state index is 11.6. The average Bonchev–Trinajstić information content (AvgIpc) is 2.53. The summed E-state index contributed by atoms with van der Waals surface area (Å²) in [6, 6.07) is 0. The van der Waals surface area contributed by atoms with Gasteiger partial charge in [0.2, 0.25) is 0 Å². The Bertz CT molecular complexity index is 257. The quantitative estimate of drug-likeness (QED) is 0.227. The molecule has 0 atom stereocenters. The zero-order valence-corrected chi connectivity index (χ0v) is 16.4. The first-order chi connectivity index (χ1) is 11.1. The molecule has 0 radical (unpaired) electrons. The molecule has 23 heavy (non-hydrogen) atoms. The highest BCUT2D eigenvalue weighted by Gasteiger charge is 2.08. The van der Waals surface area contributed by atoms with Crippen molar-refractivity contribution in [3.8, 4) is 0 Å². The molecule has 138 valence electrons. The number of unbranched alkanes of at least 4 members (excludes halogenated alkanes) is 8. The van der Waals surface area contributed by atoms with Crippen LogP contribution in [0.1, 0.15) is 111 Å². The molecule has 2 heteroatoms. The van der Waals surface area contributed by atoms with Crippen molar-refractivity contribution in [1.82, 2.24) is 0 Å². The summed E-state index contributed by atoms with van der Waals surface area (Å²) in [6.07, 6.45) is 15.9. The lowest BCUT2D eigenvalue weighted by atomic mass is 10.0. The Morgan fingerprint density at radius 2 is 1.26 bits per heavy atom. The molecule has 0 bridgehead atoms. The monoisotopic (exact) mass is 326 g/mol. The molecule has 0 unspecified atom stereocenters. The van der Waals surface area contributed by atoms with Gasteiger partial charge in [-0.05, 0) is 18.3 Å². The molecule has 0 spiro atoms. The predicted molar refractivity (Wildman–Crippen MR) is 101 cm³/mol. The molecule has 0 aromatic heterocycles. The van der Waals surface area contributed by atoms with E-state index in [9.17, 15) is 4.79 Å². The van der Waals surface area contributed by atoms with Gasteiger partial charge in [-0.15, -0.1) is 0 Å². The Balaban J connectivity index is 3.25. The molecule has 0 saturated carbocycles. The summed E-state index contributed by atoms with van der Waals surface area (Å²) in [6.45, 7) is 9.55. The SMILES string of the molecule is CCC(CC)COC(=O)CCCCCCCCCCCC(C)C. The van der Waals surface area contributed by atoms with Gasteiger partial charge in [0.05, 0.1) is 6.61 Å². The molecule has 0 N–H and O–H groups in total. The van der Waals surface area contributed by atoms with Crippen molar-refractivity contribution in [2.45, 2.75) is 111 Å². The van der Waals surface area contributed by atoms with Crippen LogP contribution in [0.15, 0.2) is 0 Å². The molecule has 0 aliphatic rings. The maximum atomic E-state index is 11.6. The van der Waals surface area contributed by atoms with Crippen LogP contribution in [-0.2, 0) is 9.53 Å². The van der Waals surface area contributed by atoms with Crippen LogP contribution in [0.2, 0.25) is 0 Å². The van der Waals surface area contributed by atoms with Crippen LogP contribution in [0.3, 0.4) is 0 Å². The lowest BCUT2D eigenvalue weighted by Crippen LogP contribution is -2.12. The van der Waals surface area contributed by atoms with E-state index in [1.54, 1.807) is 0 Å². The van der Waals surface area contributed by atoms with E-state index in [1.807, 2.05) is 0 Å². The van der Waals surface area contributed by atoms with Gasteiger partial charge < -0.3 is 4.74 Å². The molecular weight excluding hydrogens is 284 g/mol. The zero-order chi connectivity index (χ0) is 17.3. The van der Waals surface area contributed by atoms with Crippen molar-refractivity contribution in [3.05, 3.63) is 0 Å². The largest absolute Gasteiger partial charge is 0.465 e. The van der Waals surface area contributed by atoms with E-state index >= 15 is 0 Å². The summed E-state index contributed by atoms with van der Waals surface area (Å²) in [4.78, 5) is 11.6. The van der Waals surface area contributed by atoms with Gasteiger partial charge >= 0.3 is 5.97 Å². The van der Waals surface area contributed by atoms with Gasteiger partial charge in [0.25, 0.3) is 0 Å². The molecule has 0 aliphatic carbocycles. The van der Waals surface area contributed by atoms with Crippen LogP contribution in [-0.4, -0.2) is 12.6 Å². The molecule has 0 rings (SSSR count). The van der Waals surface area contributed by atoms with Crippen LogP contribution < -0.4 is 0 Å². The normalized spacial score (nSPS) is 11.4. The summed E-state index contributed by atoms with van der Waals surface area (Å²) >= 11 is 0. The average molecular weight is 327 g/mol. The van der Waals surface area contributed by atoms with Crippen LogP contribution >= 0.6 is 0 Å². The number of hydrogen-bond acceptors (Lipinski definition) is 2. The third-order valence-electron chi connectivity index (χ3n) is 4.80. The lowest BCUT2D eigenvalue weighted by molar-refractivity contribution is -0.145. The molecule has 0 heterocycles. The minimum atomic E-state index is 0.00190. The molecule has 0 aliphatic heterocycles. The van der Waals surface area contributed by atoms with Crippen LogP contribution in [0.4, 0.5) is 0 Å². The maximum Gasteiger partial charge on any atom is 0.305 e. The van der Waals surface area contributed by atoms with Crippen molar-refractivity contribution in [3.63, 3.8) is 0 Å². The Morgan fingerprint density at radius 1 is 0.783 bits per heavy atom. The van der Waals surface area contributed by atoms with Crippen LogP contribution in [0.25, 0.3) is 0 Å². The van der Waals surface area contributed by atoms with Crippen molar-refractivity contribution in [2.75, 3.05) is 6.61 Å². The number of hydrogen-bond donors (Lipinski definition) is 0. The number of esters is 1. The fourth-order valence-electron chi connectivity index (χ4n) is 2.87. The fraction of sp³-hybridized carbons (Fsp3) is 0.952. The summed E-state index contributed by atoms with van der Waals surface area (Å²) < 4.78 is 5.35. The van der Waals surface area contributed by atoms with Crippen LogP contribution in [0, 0.1) is 11.8 Å². The first-order valence-electron chi connectivity index (χ1n) is 10.3. The highest BCUT2D eigenvalue weighted by atomic mass is 16.5. The topological polar surface area (TPSA) is 26.3 Å². The Labute approximate surface area is 145 Å². The number of carbonyl (C=O) groups is 1. The molecule has 0 aromatic carbocycles. The number of rotatable bonds is 16. The van der Waals surface area contributed by atoms with Gasteiger partial charge in [-0.1, -0.05) is 98.3 Å². The summed E-state index contributed by atoms with van der Waals surface area (Å²) in [7, 11) is 0. The van der Waals surface area contributed by atoms with E-state index in [1.165, 1.54) is 57.8 Å². The van der Waals surface area contributed by atoms with E-state index in [0.29, 0.717) is 18.9 Å². The predicted octanol–water partition coefficient (Wildman–Crippen LogP) is 6.91. The third kappa shape index (κ3) is 16.1. The standard InChI is InChI=1S/C21H42O2/c1-5-20(6-2)18-23-21(22)17-15-13-11-9-7-8-10-12-14-16-19(3)4/h19-20H,5-18H2,1-4H3. The van der Waals surface area contributed by atoms with Gasteiger partial charge in [0.1, 0.15) is 0 Å². The Morgan fingerprint density at radius 3 is 1.74 bits per heavy atom. The molecule has 0 aromatic rings. The van der Waals surface area contributed by atoms with Gasteiger partial charge in [0.15, 0.2) is 0 Å². The Kier molecular flexibility index (Phi) is 16.0. The molecule has 0 saturated heterocycles. The van der Waals surface area contributed by atoms with E-state index in [0.717, 1.165) is 25.2 Å². The zero-order valence-electron chi connectivity index (χ0n) is 16.4. The van der Waals surface area contributed by atoms with Crippen molar-refractivity contribution >= 4 is 5.97 Å². The van der Waals surface area contributed by atoms with E-state index in [-0.39, 0.29) is 5.97 Å². The van der Waals surface area contributed by atoms with Crippen molar-refractivity contribution in [2.24, 2.45) is 11.8 Å². The lowest BCUT2D eigenvalue weighted by Gasteiger charge is -2.12. The highest BCUT2D eigenvalue weighted by Crippen LogP contribution is 2.14. The summed E-state index contributed by atoms with van der Waals surface area (Å²) in [5.74, 6) is 1.40. The first kappa shape index (κ1) is 22.5. The second kappa shape index (κ2) is 16.3. The minimum Gasteiger partial charge on any atom is -0.465 e. The van der Waals surface area contributed by atoms with E-state index in [4.69, 9.17) is 4.74 Å². The molecular formula is C21H42O2. The fourth-order valence-corrected chi connectivity index (χ4v) is 2.87. The minimum absolute atomic E-state index is 0.00190. The van der Waals surface area contributed by atoms with Crippen molar-refractivity contribution < 1.29 is 9.53 Å². The van der Waals surface area contributed by atoms with Gasteiger partial charge in [0, 0.05) is 6.42 Å². The number of carbonyl (C=O) groups excluding carboxylic acids is 1. The van der Waals surface area contributed by atoms with Crippen molar-refractivity contribution in [1.29, 1.82) is 0 Å². The smallest absolute Gasteiger partial charge is 0.305 e. The number of ether oxygens (including phenoxy) is 1. The van der Waals surface area contributed by atoms with Gasteiger partial charge in [-0.3, -0.25) is 4.79 Å². The Hall–Kier alpha value is -0.530. The molecule has 0 amide bonds. The van der Waals surface area contributed by atoms with Gasteiger partial charge in [-0.2, -0.15) is 0 Å². The third-order valence-corrected chi connectivity index (χ3v) is 4.80.